The summed E-state index contributed by atoms with van der Waals surface area (Å²) in [5, 5.41) is 3.05. The highest BCUT2D eigenvalue weighted by Crippen LogP contribution is 2.21. The van der Waals surface area contributed by atoms with Crippen molar-refractivity contribution in [1.82, 2.24) is 14.3 Å². The minimum Gasteiger partial charge on any atom is -0.320 e. The molecule has 1 aliphatic rings. The quantitative estimate of drug-likeness (QED) is 0.749. The fourth-order valence-electron chi connectivity index (χ4n) is 3.36. The molecule has 0 radical (unpaired) electrons. The maximum absolute atomic E-state index is 12.7. The molecule has 0 unspecified atom stereocenters. The van der Waals surface area contributed by atoms with Crippen molar-refractivity contribution in [3.8, 4) is 0 Å². The zero-order chi connectivity index (χ0) is 18.8. The molecule has 1 aromatic carbocycles. The summed E-state index contributed by atoms with van der Waals surface area (Å²) in [6, 6.07) is 12.2. The molecule has 1 aliphatic heterocycles. The summed E-state index contributed by atoms with van der Waals surface area (Å²) in [6.07, 6.45) is 1.80. The second-order valence-electron chi connectivity index (χ2n) is 7.01. The second-order valence-corrected chi connectivity index (χ2v) is 8.24. The molecule has 0 bridgehead atoms. The van der Waals surface area contributed by atoms with Gasteiger partial charge in [0, 0.05) is 48.7 Å². The van der Waals surface area contributed by atoms with Crippen LogP contribution in [-0.4, -0.2) is 44.8 Å². The van der Waals surface area contributed by atoms with Crippen molar-refractivity contribution in [3.05, 3.63) is 65.1 Å². The van der Waals surface area contributed by atoms with Crippen LogP contribution in [0.3, 0.4) is 0 Å². The Hall–Kier alpha value is -2.31. The average Bonchev–Trinajstić information content (AvgIpc) is 3.11. The summed E-state index contributed by atoms with van der Waals surface area (Å²) in [4.78, 5) is 19.7. The molecule has 3 aromatic rings. The largest absolute Gasteiger partial charge is 0.320 e. The van der Waals surface area contributed by atoms with E-state index in [1.807, 2.05) is 48.2 Å². The van der Waals surface area contributed by atoms with E-state index in [1.54, 1.807) is 6.20 Å². The molecular formula is C21H24N4OS. The number of carbonyl (C=O) groups is 1. The molecule has 0 aliphatic carbocycles. The second kappa shape index (κ2) is 7.74. The fraction of sp³-hybridized carbons (Fsp3) is 0.333. The van der Waals surface area contributed by atoms with E-state index < -0.39 is 0 Å². The molecule has 1 N–H and O–H groups in total. The van der Waals surface area contributed by atoms with Crippen LogP contribution in [0.4, 0.5) is 5.69 Å². The van der Waals surface area contributed by atoms with Crippen LogP contribution in [0.1, 0.15) is 27.3 Å². The number of nitrogens with one attached hydrogen (secondary N) is 1. The molecule has 5 nitrogen and oxygen atoms in total. The number of hydrogen-bond acceptors (Lipinski definition) is 4. The summed E-state index contributed by atoms with van der Waals surface area (Å²) >= 11 is 2.02. The number of imidazole rings is 1. The first kappa shape index (κ1) is 18.1. The van der Waals surface area contributed by atoms with Crippen LogP contribution in [0.5, 0.6) is 0 Å². The number of thioether (sulfide) groups is 1. The highest BCUT2D eigenvalue weighted by Gasteiger charge is 2.15. The van der Waals surface area contributed by atoms with E-state index in [0.717, 1.165) is 42.2 Å². The molecule has 0 saturated carbocycles. The fourth-order valence-corrected chi connectivity index (χ4v) is 4.34. The van der Waals surface area contributed by atoms with Crippen LogP contribution >= 0.6 is 11.8 Å². The smallest absolute Gasteiger partial charge is 0.275 e. The van der Waals surface area contributed by atoms with Gasteiger partial charge in [-0.25, -0.2) is 4.98 Å². The molecule has 140 valence electrons. The number of benzene rings is 1. The summed E-state index contributed by atoms with van der Waals surface area (Å²) in [7, 11) is 0. The van der Waals surface area contributed by atoms with Crippen molar-refractivity contribution in [2.45, 2.75) is 20.4 Å². The van der Waals surface area contributed by atoms with E-state index in [1.165, 1.54) is 17.1 Å². The van der Waals surface area contributed by atoms with Gasteiger partial charge in [-0.15, -0.1) is 0 Å². The monoisotopic (exact) mass is 380 g/mol. The van der Waals surface area contributed by atoms with Crippen LogP contribution < -0.4 is 5.32 Å². The minimum atomic E-state index is -0.173. The number of aryl methyl sites for hydroxylation is 2. The maximum Gasteiger partial charge on any atom is 0.275 e. The lowest BCUT2D eigenvalue weighted by atomic mass is 10.1. The van der Waals surface area contributed by atoms with E-state index in [2.05, 4.69) is 33.4 Å². The molecule has 1 fully saturated rings. The van der Waals surface area contributed by atoms with E-state index in [-0.39, 0.29) is 5.91 Å². The molecular weight excluding hydrogens is 356 g/mol. The van der Waals surface area contributed by atoms with Gasteiger partial charge in [-0.2, -0.15) is 11.8 Å². The van der Waals surface area contributed by atoms with Crippen molar-refractivity contribution in [2.75, 3.05) is 29.9 Å². The lowest BCUT2D eigenvalue weighted by molar-refractivity contribution is 0.102. The van der Waals surface area contributed by atoms with E-state index in [9.17, 15) is 4.79 Å². The Morgan fingerprint density at radius 2 is 2.00 bits per heavy atom. The van der Waals surface area contributed by atoms with Crippen LogP contribution in [0, 0.1) is 13.8 Å². The Bertz CT molecular complexity index is 975. The number of carbonyl (C=O) groups excluding carboxylic acids is 1. The summed E-state index contributed by atoms with van der Waals surface area (Å²) < 4.78 is 1.94. The Kier molecular flexibility index (Phi) is 5.18. The number of nitrogens with zero attached hydrogens (tertiary/aromatic N) is 3. The Morgan fingerprint density at radius 1 is 1.19 bits per heavy atom. The normalized spacial score (nSPS) is 15.2. The molecule has 0 spiro atoms. The van der Waals surface area contributed by atoms with Gasteiger partial charge in [-0.3, -0.25) is 9.69 Å². The van der Waals surface area contributed by atoms with Crippen molar-refractivity contribution in [3.63, 3.8) is 0 Å². The minimum absolute atomic E-state index is 0.173. The van der Waals surface area contributed by atoms with Gasteiger partial charge >= 0.3 is 0 Å². The van der Waals surface area contributed by atoms with Crippen LogP contribution in [-0.2, 0) is 6.54 Å². The number of hydrogen-bond donors (Lipinski definition) is 1. The van der Waals surface area contributed by atoms with E-state index in [0.29, 0.717) is 5.69 Å². The zero-order valence-electron chi connectivity index (χ0n) is 15.7. The molecule has 4 rings (SSSR count). The number of pyridine rings is 1. The highest BCUT2D eigenvalue weighted by atomic mass is 32.2. The standard InChI is InChI=1S/C21H24N4OS/c1-15-6-7-17(13-24-8-10-27-11-9-24)12-18(15)23-21(26)19-14-25-16(2)4-3-5-20(25)22-19/h3-7,12,14H,8-11,13H2,1-2H3,(H,23,26). The first-order chi connectivity index (χ1) is 13.1. The van der Waals surface area contributed by atoms with Gasteiger partial charge in [0.25, 0.3) is 5.91 Å². The lowest BCUT2D eigenvalue weighted by Crippen LogP contribution is -2.32. The number of fused-ring (bicyclic) bond motifs is 1. The average molecular weight is 381 g/mol. The number of rotatable bonds is 4. The van der Waals surface area contributed by atoms with Crippen LogP contribution in [0.15, 0.2) is 42.6 Å². The molecule has 3 heterocycles. The molecule has 27 heavy (non-hydrogen) atoms. The predicted octanol–water partition coefficient (Wildman–Crippen LogP) is 3.75. The van der Waals surface area contributed by atoms with Gasteiger partial charge < -0.3 is 9.72 Å². The molecule has 1 saturated heterocycles. The molecule has 0 atom stereocenters. The van der Waals surface area contributed by atoms with Gasteiger partial charge in [0.2, 0.25) is 0 Å². The summed E-state index contributed by atoms with van der Waals surface area (Å²) in [5.74, 6) is 2.22. The molecule has 1 amide bonds. The third-order valence-electron chi connectivity index (χ3n) is 4.99. The predicted molar refractivity (Wildman–Crippen MR) is 112 cm³/mol. The third-order valence-corrected chi connectivity index (χ3v) is 5.93. The zero-order valence-corrected chi connectivity index (χ0v) is 16.6. The van der Waals surface area contributed by atoms with Gasteiger partial charge in [-0.05, 0) is 43.2 Å². The van der Waals surface area contributed by atoms with Gasteiger partial charge in [0.1, 0.15) is 11.3 Å². The van der Waals surface area contributed by atoms with Gasteiger partial charge in [0.05, 0.1) is 0 Å². The lowest BCUT2D eigenvalue weighted by Gasteiger charge is -2.26. The number of anilines is 1. The van der Waals surface area contributed by atoms with E-state index in [4.69, 9.17) is 0 Å². The maximum atomic E-state index is 12.7. The first-order valence-electron chi connectivity index (χ1n) is 9.26. The highest BCUT2D eigenvalue weighted by molar-refractivity contribution is 7.99. The Balaban J connectivity index is 1.52. The number of aromatic nitrogens is 2. The summed E-state index contributed by atoms with van der Waals surface area (Å²) in [6.45, 7) is 7.20. The van der Waals surface area contributed by atoms with Gasteiger partial charge in [-0.1, -0.05) is 18.2 Å². The molecule has 6 heteroatoms. The Morgan fingerprint density at radius 3 is 2.78 bits per heavy atom. The van der Waals surface area contributed by atoms with Crippen molar-refractivity contribution in [2.24, 2.45) is 0 Å². The van der Waals surface area contributed by atoms with Crippen molar-refractivity contribution < 1.29 is 4.79 Å². The Labute approximate surface area is 163 Å². The topological polar surface area (TPSA) is 49.6 Å². The third kappa shape index (κ3) is 4.01. The molecule has 2 aromatic heterocycles. The first-order valence-corrected chi connectivity index (χ1v) is 10.4. The van der Waals surface area contributed by atoms with Gasteiger partial charge in [0.15, 0.2) is 0 Å². The SMILES string of the molecule is Cc1ccc(CN2CCSCC2)cc1NC(=O)c1cn2c(C)cccc2n1. The van der Waals surface area contributed by atoms with Crippen molar-refractivity contribution in [1.29, 1.82) is 0 Å². The van der Waals surface area contributed by atoms with Crippen LogP contribution in [0.25, 0.3) is 5.65 Å². The van der Waals surface area contributed by atoms with Crippen LogP contribution in [0.2, 0.25) is 0 Å². The van der Waals surface area contributed by atoms with Crippen molar-refractivity contribution >= 4 is 29.0 Å². The summed E-state index contributed by atoms with van der Waals surface area (Å²) in [5.41, 5.74) is 5.42. The van der Waals surface area contributed by atoms with E-state index >= 15 is 0 Å². The number of amides is 1.